The van der Waals surface area contributed by atoms with E-state index in [4.69, 9.17) is 4.98 Å². The second-order valence-electron chi connectivity index (χ2n) is 5.98. The molecule has 0 atom stereocenters. The van der Waals surface area contributed by atoms with Crippen LogP contribution < -0.4 is 10.2 Å². The predicted octanol–water partition coefficient (Wildman–Crippen LogP) is 3.63. The molecule has 0 unspecified atom stereocenters. The summed E-state index contributed by atoms with van der Waals surface area (Å²) < 4.78 is 0. The van der Waals surface area contributed by atoms with Crippen molar-refractivity contribution in [1.82, 2.24) is 9.97 Å². The highest BCUT2D eigenvalue weighted by atomic mass is 32.1. The minimum Gasteiger partial charge on any atom is -0.373 e. The van der Waals surface area contributed by atoms with Crippen LogP contribution in [0.1, 0.15) is 43.0 Å². The van der Waals surface area contributed by atoms with E-state index in [0.29, 0.717) is 12.0 Å². The molecule has 0 saturated heterocycles. The highest BCUT2D eigenvalue weighted by molar-refractivity contribution is 7.07. The smallest absolute Gasteiger partial charge is 0.136 e. The van der Waals surface area contributed by atoms with Gasteiger partial charge in [-0.05, 0) is 48.1 Å². The lowest BCUT2D eigenvalue weighted by Gasteiger charge is -2.24. The van der Waals surface area contributed by atoms with E-state index < -0.39 is 0 Å². The lowest BCUT2D eigenvalue weighted by atomic mass is 10.3. The Kier molecular flexibility index (Phi) is 3.30. The monoisotopic (exact) mass is 300 g/mol. The fourth-order valence-electron chi connectivity index (χ4n) is 2.61. The largest absolute Gasteiger partial charge is 0.373 e. The van der Waals surface area contributed by atoms with Crippen LogP contribution in [-0.2, 0) is 6.54 Å². The Labute approximate surface area is 129 Å². The molecule has 0 radical (unpaired) electrons. The van der Waals surface area contributed by atoms with Gasteiger partial charge in [0.25, 0.3) is 0 Å². The zero-order valence-corrected chi connectivity index (χ0v) is 13.1. The standard InChI is InChI=1S/C16H20N4S/c1-17-14-8-15(19-16(18-14)12-2-3-12)20(13-4-5-13)9-11-6-7-21-10-11/h6-8,10,12-13H,2-5,9H2,1H3,(H,17,18,19). The van der Waals surface area contributed by atoms with Crippen LogP contribution in [0.25, 0.3) is 0 Å². The molecule has 2 aromatic heterocycles. The quantitative estimate of drug-likeness (QED) is 0.884. The molecule has 0 bridgehead atoms. The van der Waals surface area contributed by atoms with Gasteiger partial charge in [-0.1, -0.05) is 0 Å². The van der Waals surface area contributed by atoms with E-state index >= 15 is 0 Å². The Morgan fingerprint density at radius 2 is 2.14 bits per heavy atom. The Hall–Kier alpha value is -1.62. The lowest BCUT2D eigenvalue weighted by molar-refractivity contribution is 0.766. The van der Waals surface area contributed by atoms with Gasteiger partial charge in [0, 0.05) is 31.6 Å². The van der Waals surface area contributed by atoms with Gasteiger partial charge in [0.2, 0.25) is 0 Å². The molecule has 0 amide bonds. The van der Waals surface area contributed by atoms with E-state index in [1.165, 1.54) is 31.2 Å². The molecule has 2 aliphatic carbocycles. The number of rotatable bonds is 6. The normalized spacial score (nSPS) is 17.8. The van der Waals surface area contributed by atoms with Gasteiger partial charge in [-0.25, -0.2) is 9.97 Å². The predicted molar refractivity (Wildman–Crippen MR) is 87.1 cm³/mol. The fourth-order valence-corrected chi connectivity index (χ4v) is 3.27. The van der Waals surface area contributed by atoms with E-state index in [1.54, 1.807) is 11.3 Å². The van der Waals surface area contributed by atoms with Crippen molar-refractivity contribution in [1.29, 1.82) is 0 Å². The second-order valence-corrected chi connectivity index (χ2v) is 6.76. The van der Waals surface area contributed by atoms with Gasteiger partial charge in [-0.2, -0.15) is 11.3 Å². The zero-order valence-electron chi connectivity index (χ0n) is 12.2. The average Bonchev–Trinajstić information content (AvgIpc) is 3.43. The molecular formula is C16H20N4S. The van der Waals surface area contributed by atoms with Gasteiger partial charge < -0.3 is 10.2 Å². The molecular weight excluding hydrogens is 280 g/mol. The van der Waals surface area contributed by atoms with E-state index in [0.717, 1.165) is 24.0 Å². The van der Waals surface area contributed by atoms with E-state index in [9.17, 15) is 0 Å². The van der Waals surface area contributed by atoms with Crippen molar-refractivity contribution in [3.8, 4) is 0 Å². The molecule has 2 heterocycles. The van der Waals surface area contributed by atoms with E-state index in [1.807, 2.05) is 7.05 Å². The zero-order chi connectivity index (χ0) is 14.2. The van der Waals surface area contributed by atoms with Crippen molar-refractivity contribution in [2.24, 2.45) is 0 Å². The van der Waals surface area contributed by atoms with Crippen molar-refractivity contribution in [3.63, 3.8) is 0 Å². The minimum atomic E-state index is 0.583. The lowest BCUT2D eigenvalue weighted by Crippen LogP contribution is -2.26. The van der Waals surface area contributed by atoms with Crippen LogP contribution in [0.15, 0.2) is 22.9 Å². The van der Waals surface area contributed by atoms with Gasteiger partial charge in [-0.15, -0.1) is 0 Å². The summed E-state index contributed by atoms with van der Waals surface area (Å²) in [6, 6.07) is 4.95. The summed E-state index contributed by atoms with van der Waals surface area (Å²) in [6.45, 7) is 0.957. The third kappa shape index (κ3) is 2.88. The first kappa shape index (κ1) is 13.1. The molecule has 4 nitrogen and oxygen atoms in total. The Balaban J connectivity index is 1.66. The van der Waals surface area contributed by atoms with Crippen LogP contribution in [0.2, 0.25) is 0 Å². The maximum Gasteiger partial charge on any atom is 0.136 e. The number of nitrogens with zero attached hydrogens (tertiary/aromatic N) is 3. The molecule has 110 valence electrons. The molecule has 2 aromatic rings. The minimum absolute atomic E-state index is 0.583. The maximum atomic E-state index is 4.86. The van der Waals surface area contributed by atoms with Crippen LogP contribution in [0, 0.1) is 0 Å². The summed E-state index contributed by atoms with van der Waals surface area (Å²) in [5.74, 6) is 3.63. The van der Waals surface area contributed by atoms with Crippen LogP contribution >= 0.6 is 11.3 Å². The summed E-state index contributed by atoms with van der Waals surface area (Å²) in [6.07, 6.45) is 5.03. The first-order chi connectivity index (χ1) is 10.3. The number of nitrogens with one attached hydrogen (secondary N) is 1. The molecule has 0 aromatic carbocycles. The van der Waals surface area contributed by atoms with Crippen LogP contribution in [0.3, 0.4) is 0 Å². The van der Waals surface area contributed by atoms with Crippen LogP contribution in [0.4, 0.5) is 11.6 Å². The first-order valence-electron chi connectivity index (χ1n) is 7.68. The first-order valence-corrected chi connectivity index (χ1v) is 8.62. The molecule has 21 heavy (non-hydrogen) atoms. The van der Waals surface area contributed by atoms with Gasteiger partial charge in [0.05, 0.1) is 0 Å². The third-order valence-corrected chi connectivity index (χ3v) is 4.88. The van der Waals surface area contributed by atoms with E-state index in [-0.39, 0.29) is 0 Å². The van der Waals surface area contributed by atoms with Gasteiger partial charge in [0.15, 0.2) is 0 Å². The summed E-state index contributed by atoms with van der Waals surface area (Å²) in [5.41, 5.74) is 1.38. The molecule has 0 aliphatic heterocycles. The van der Waals surface area contributed by atoms with Gasteiger partial charge >= 0.3 is 0 Å². The Morgan fingerprint density at radius 3 is 2.76 bits per heavy atom. The number of thiophene rings is 1. The summed E-state index contributed by atoms with van der Waals surface area (Å²) in [7, 11) is 1.93. The summed E-state index contributed by atoms with van der Waals surface area (Å²) in [4.78, 5) is 11.9. The summed E-state index contributed by atoms with van der Waals surface area (Å²) >= 11 is 1.76. The topological polar surface area (TPSA) is 41.0 Å². The number of anilines is 2. The Bertz CT molecular complexity index is 617. The number of hydrogen-bond acceptors (Lipinski definition) is 5. The third-order valence-electron chi connectivity index (χ3n) is 4.14. The van der Waals surface area contributed by atoms with Gasteiger partial charge in [0.1, 0.15) is 17.5 Å². The highest BCUT2D eigenvalue weighted by Gasteiger charge is 2.32. The number of hydrogen-bond donors (Lipinski definition) is 1. The Morgan fingerprint density at radius 1 is 1.29 bits per heavy atom. The molecule has 2 saturated carbocycles. The molecule has 0 spiro atoms. The molecule has 4 rings (SSSR count). The van der Waals surface area contributed by atoms with Crippen molar-refractivity contribution in [2.75, 3.05) is 17.3 Å². The van der Waals surface area contributed by atoms with Gasteiger partial charge in [-0.3, -0.25) is 0 Å². The molecule has 2 fully saturated rings. The highest BCUT2D eigenvalue weighted by Crippen LogP contribution is 2.40. The molecule has 1 N–H and O–H groups in total. The van der Waals surface area contributed by atoms with Crippen LogP contribution in [0.5, 0.6) is 0 Å². The summed E-state index contributed by atoms with van der Waals surface area (Å²) in [5, 5.41) is 7.57. The molecule has 5 heteroatoms. The second kappa shape index (κ2) is 5.30. The fraction of sp³-hybridized carbons (Fsp3) is 0.500. The van der Waals surface area contributed by atoms with Crippen molar-refractivity contribution in [3.05, 3.63) is 34.3 Å². The molecule has 2 aliphatic rings. The van der Waals surface area contributed by atoms with Crippen molar-refractivity contribution >= 4 is 23.0 Å². The maximum absolute atomic E-state index is 4.86. The van der Waals surface area contributed by atoms with E-state index in [2.05, 4.69) is 38.1 Å². The van der Waals surface area contributed by atoms with Crippen molar-refractivity contribution < 1.29 is 0 Å². The van der Waals surface area contributed by atoms with Crippen molar-refractivity contribution in [2.45, 2.75) is 44.2 Å². The van der Waals surface area contributed by atoms with Crippen LogP contribution in [-0.4, -0.2) is 23.1 Å². The SMILES string of the molecule is CNc1cc(N(Cc2ccsc2)C2CC2)nc(C2CC2)n1. The average molecular weight is 300 g/mol. The number of aromatic nitrogens is 2.